The van der Waals surface area contributed by atoms with Gasteiger partial charge in [0.2, 0.25) is 5.91 Å². The number of nitrogens with one attached hydrogen (secondary N) is 1. The minimum absolute atomic E-state index is 0.0591. The van der Waals surface area contributed by atoms with Crippen LogP contribution < -0.4 is 11.1 Å². The molecule has 1 aromatic rings. The molecule has 4 N–H and O–H groups in total. The molecule has 1 saturated carbocycles. The number of carbonyl (C=O) groups is 2. The molecule has 0 aliphatic heterocycles. The highest BCUT2D eigenvalue weighted by Gasteiger charge is 2.43. The van der Waals surface area contributed by atoms with Crippen LogP contribution in [0.2, 0.25) is 0 Å². The minimum Gasteiger partial charge on any atom is -0.480 e. The van der Waals surface area contributed by atoms with Crippen molar-refractivity contribution >= 4 is 11.9 Å². The smallest absolute Gasteiger partial charge is 0.329 e. The lowest BCUT2D eigenvalue weighted by atomic mass is 9.76. The first kappa shape index (κ1) is 15.4. The zero-order valence-corrected chi connectivity index (χ0v) is 12.1. The van der Waals surface area contributed by atoms with Crippen molar-refractivity contribution in [2.45, 2.75) is 51.2 Å². The summed E-state index contributed by atoms with van der Waals surface area (Å²) in [6.45, 7) is 2.20. The maximum absolute atomic E-state index is 12.1. The van der Waals surface area contributed by atoms with Crippen LogP contribution in [0.4, 0.5) is 0 Å². The molecule has 8 nitrogen and oxygen atoms in total. The lowest BCUT2D eigenvalue weighted by Crippen LogP contribution is -2.57. The Morgan fingerprint density at radius 2 is 2.38 bits per heavy atom. The summed E-state index contributed by atoms with van der Waals surface area (Å²) in [5.41, 5.74) is 4.85. The van der Waals surface area contributed by atoms with E-state index in [1.807, 2.05) is 6.92 Å². The van der Waals surface area contributed by atoms with Gasteiger partial charge in [-0.3, -0.25) is 4.79 Å². The molecule has 116 valence electrons. The molecule has 2 atom stereocenters. The molecule has 1 aliphatic carbocycles. The van der Waals surface area contributed by atoms with Gasteiger partial charge in [-0.15, -0.1) is 5.10 Å². The number of carboxylic acid groups (broad SMARTS) is 1. The number of amides is 1. The molecule has 0 saturated heterocycles. The summed E-state index contributed by atoms with van der Waals surface area (Å²) >= 11 is 0. The molecule has 0 aromatic carbocycles. The van der Waals surface area contributed by atoms with Crippen LogP contribution in [0.1, 0.15) is 38.3 Å². The SMILES string of the molecule is CC1CCCC(NC(=O)Cn2cc(CN)nn2)(C(=O)O)C1. The largest absolute Gasteiger partial charge is 0.480 e. The topological polar surface area (TPSA) is 123 Å². The molecule has 1 aliphatic rings. The normalized spacial score (nSPS) is 25.5. The number of aliphatic carboxylic acids is 1. The second-order valence-electron chi connectivity index (χ2n) is 5.75. The Balaban J connectivity index is 2.03. The molecule has 0 spiro atoms. The molecule has 0 bridgehead atoms. The van der Waals surface area contributed by atoms with E-state index in [0.717, 1.165) is 12.8 Å². The van der Waals surface area contributed by atoms with E-state index in [4.69, 9.17) is 5.73 Å². The van der Waals surface area contributed by atoms with Gasteiger partial charge in [0.1, 0.15) is 12.1 Å². The van der Waals surface area contributed by atoms with Crippen molar-refractivity contribution in [3.8, 4) is 0 Å². The van der Waals surface area contributed by atoms with E-state index in [9.17, 15) is 14.7 Å². The van der Waals surface area contributed by atoms with E-state index in [2.05, 4.69) is 15.6 Å². The number of nitrogens with zero attached hydrogens (tertiary/aromatic N) is 3. The molecular weight excluding hydrogens is 274 g/mol. The fourth-order valence-corrected chi connectivity index (χ4v) is 2.88. The van der Waals surface area contributed by atoms with Gasteiger partial charge in [-0.05, 0) is 18.8 Å². The van der Waals surface area contributed by atoms with Gasteiger partial charge in [-0.2, -0.15) is 0 Å². The maximum Gasteiger partial charge on any atom is 0.329 e. The summed E-state index contributed by atoms with van der Waals surface area (Å²) in [7, 11) is 0. The van der Waals surface area contributed by atoms with Crippen molar-refractivity contribution < 1.29 is 14.7 Å². The van der Waals surface area contributed by atoms with Gasteiger partial charge in [0.25, 0.3) is 0 Å². The van der Waals surface area contributed by atoms with Crippen LogP contribution in [-0.4, -0.2) is 37.5 Å². The van der Waals surface area contributed by atoms with Crippen LogP contribution in [0.25, 0.3) is 0 Å². The van der Waals surface area contributed by atoms with Crippen molar-refractivity contribution in [1.82, 2.24) is 20.3 Å². The molecule has 1 heterocycles. The van der Waals surface area contributed by atoms with Gasteiger partial charge in [0.05, 0.1) is 11.9 Å². The predicted octanol–water partition coefficient (Wildman–Crippen LogP) is -0.113. The highest BCUT2D eigenvalue weighted by molar-refractivity contribution is 5.87. The molecule has 2 rings (SSSR count). The molecule has 8 heteroatoms. The highest BCUT2D eigenvalue weighted by atomic mass is 16.4. The van der Waals surface area contributed by atoms with Crippen molar-refractivity contribution in [2.24, 2.45) is 11.7 Å². The fraction of sp³-hybridized carbons (Fsp3) is 0.692. The van der Waals surface area contributed by atoms with Gasteiger partial charge in [0.15, 0.2) is 0 Å². The molecule has 1 amide bonds. The van der Waals surface area contributed by atoms with Crippen molar-refractivity contribution in [1.29, 1.82) is 0 Å². The second-order valence-corrected chi connectivity index (χ2v) is 5.75. The Kier molecular flexibility index (Phi) is 4.56. The number of hydrogen-bond acceptors (Lipinski definition) is 5. The minimum atomic E-state index is -1.16. The maximum atomic E-state index is 12.1. The zero-order chi connectivity index (χ0) is 15.5. The third kappa shape index (κ3) is 3.57. The van der Waals surface area contributed by atoms with Gasteiger partial charge in [0, 0.05) is 6.54 Å². The Bertz CT molecular complexity index is 530. The standard InChI is InChI=1S/C13H21N5O3/c1-9-3-2-4-13(5-9,12(20)21)15-11(19)8-18-7-10(6-14)16-17-18/h7,9H,2-6,8,14H2,1H3,(H,15,19)(H,20,21). The van der Waals surface area contributed by atoms with E-state index in [1.54, 1.807) is 6.20 Å². The van der Waals surface area contributed by atoms with Gasteiger partial charge >= 0.3 is 5.97 Å². The Morgan fingerprint density at radius 1 is 1.62 bits per heavy atom. The third-order valence-corrected chi connectivity index (χ3v) is 3.89. The fourth-order valence-electron chi connectivity index (χ4n) is 2.88. The second kappa shape index (κ2) is 6.21. The average molecular weight is 295 g/mol. The first-order valence-electron chi connectivity index (χ1n) is 7.08. The van der Waals surface area contributed by atoms with Crippen LogP contribution in [-0.2, 0) is 22.7 Å². The zero-order valence-electron chi connectivity index (χ0n) is 12.1. The summed E-state index contributed by atoms with van der Waals surface area (Å²) in [4.78, 5) is 23.7. The highest BCUT2D eigenvalue weighted by Crippen LogP contribution is 2.32. The summed E-state index contributed by atoms with van der Waals surface area (Å²) in [6, 6.07) is 0. The van der Waals surface area contributed by atoms with Crippen LogP contribution in [0, 0.1) is 5.92 Å². The summed E-state index contributed by atoms with van der Waals surface area (Å²) in [6.07, 6.45) is 4.29. The van der Waals surface area contributed by atoms with Crippen LogP contribution in [0.3, 0.4) is 0 Å². The number of carbonyl (C=O) groups excluding carboxylic acids is 1. The Hall–Kier alpha value is -1.96. The summed E-state index contributed by atoms with van der Waals surface area (Å²) < 4.78 is 1.36. The monoisotopic (exact) mass is 295 g/mol. The average Bonchev–Trinajstić information content (AvgIpc) is 2.86. The van der Waals surface area contributed by atoms with E-state index in [1.165, 1.54) is 4.68 Å². The van der Waals surface area contributed by atoms with Crippen LogP contribution in [0.15, 0.2) is 6.20 Å². The Morgan fingerprint density at radius 3 is 2.95 bits per heavy atom. The molecule has 0 radical (unpaired) electrons. The molecule has 21 heavy (non-hydrogen) atoms. The van der Waals surface area contributed by atoms with Crippen molar-refractivity contribution in [3.05, 3.63) is 11.9 Å². The third-order valence-electron chi connectivity index (χ3n) is 3.89. The first-order chi connectivity index (χ1) is 9.95. The van der Waals surface area contributed by atoms with E-state index >= 15 is 0 Å². The lowest BCUT2D eigenvalue weighted by molar-refractivity contribution is -0.150. The van der Waals surface area contributed by atoms with E-state index in [0.29, 0.717) is 18.5 Å². The van der Waals surface area contributed by atoms with Gasteiger partial charge < -0.3 is 16.2 Å². The van der Waals surface area contributed by atoms with Gasteiger partial charge in [-0.25, -0.2) is 9.48 Å². The van der Waals surface area contributed by atoms with Crippen LogP contribution in [0.5, 0.6) is 0 Å². The first-order valence-corrected chi connectivity index (χ1v) is 7.08. The quantitative estimate of drug-likeness (QED) is 0.696. The number of carboxylic acids is 1. The van der Waals surface area contributed by atoms with E-state index < -0.39 is 11.5 Å². The molecule has 1 aromatic heterocycles. The van der Waals surface area contributed by atoms with Crippen LogP contribution >= 0.6 is 0 Å². The summed E-state index contributed by atoms with van der Waals surface area (Å²) in [5, 5.41) is 19.7. The molecule has 2 unspecified atom stereocenters. The molecular formula is C13H21N5O3. The summed E-state index contributed by atoms with van der Waals surface area (Å²) in [5.74, 6) is -1.06. The lowest BCUT2D eigenvalue weighted by Gasteiger charge is -2.37. The van der Waals surface area contributed by atoms with Crippen molar-refractivity contribution in [3.63, 3.8) is 0 Å². The van der Waals surface area contributed by atoms with Crippen molar-refractivity contribution in [2.75, 3.05) is 0 Å². The number of hydrogen-bond donors (Lipinski definition) is 3. The number of nitrogens with two attached hydrogens (primary N) is 1. The van der Waals surface area contributed by atoms with Gasteiger partial charge in [-0.1, -0.05) is 25.0 Å². The number of rotatable bonds is 5. The van der Waals surface area contributed by atoms with E-state index in [-0.39, 0.29) is 24.9 Å². The number of aromatic nitrogens is 3. The predicted molar refractivity (Wildman–Crippen MR) is 74.1 cm³/mol. The Labute approximate surface area is 122 Å². The molecule has 1 fully saturated rings.